The van der Waals surface area contributed by atoms with Gasteiger partial charge < -0.3 is 9.66 Å². The maximum atomic E-state index is 8.98. The fraction of sp³-hybridized carbons (Fsp3) is 1.00. The molecule has 1 saturated heterocycles. The summed E-state index contributed by atoms with van der Waals surface area (Å²) in [6.07, 6.45) is 0. The van der Waals surface area contributed by atoms with Gasteiger partial charge in [-0.2, -0.15) is 11.8 Å². The minimum Gasteiger partial charge on any atom is -0.381 e. The van der Waals surface area contributed by atoms with Gasteiger partial charge in [0.15, 0.2) is 0 Å². The van der Waals surface area contributed by atoms with E-state index in [0.717, 1.165) is 17.3 Å². The van der Waals surface area contributed by atoms with E-state index in [1.807, 2.05) is 0 Å². The Morgan fingerprint density at radius 3 is 2.75 bits per heavy atom. The normalized spacial score (nSPS) is 44.2. The first-order valence-corrected chi connectivity index (χ1v) is 5.22. The Bertz CT molecular complexity index is 68.4. The van der Waals surface area contributed by atoms with Crippen molar-refractivity contribution in [2.45, 2.75) is 5.44 Å². The van der Waals surface area contributed by atoms with Crippen molar-refractivity contribution in [3.63, 3.8) is 0 Å². The predicted molar refractivity (Wildman–Crippen MR) is 39.8 cm³/mol. The summed E-state index contributed by atoms with van der Waals surface area (Å²) in [5, 5.41) is 8.94. The summed E-state index contributed by atoms with van der Waals surface area (Å²) < 4.78 is 8.98. The largest absolute Gasteiger partial charge is 0.381 e. The highest BCUT2D eigenvalue weighted by Crippen LogP contribution is 2.32. The van der Waals surface area contributed by atoms with Crippen LogP contribution in [0, 0.1) is 0 Å². The molecule has 0 amide bonds. The van der Waals surface area contributed by atoms with Gasteiger partial charge in [-0.1, -0.05) is 0 Å². The Morgan fingerprint density at radius 2 is 2.38 bits per heavy atom. The molecule has 0 aliphatic carbocycles. The molecule has 2 N–H and O–H groups in total. The van der Waals surface area contributed by atoms with E-state index in [-0.39, 0.29) is 0 Å². The maximum absolute atomic E-state index is 8.98. The van der Waals surface area contributed by atoms with Crippen LogP contribution in [0.15, 0.2) is 0 Å². The van der Waals surface area contributed by atoms with Gasteiger partial charge in [0.1, 0.15) is 5.44 Å². The summed E-state index contributed by atoms with van der Waals surface area (Å²) >= 11 is 0.695. The molecule has 1 heterocycles. The third kappa shape index (κ3) is 1.55. The van der Waals surface area contributed by atoms with E-state index in [0.29, 0.717) is 0 Å². The standard InChI is InChI=1S/C4H10O2S2/c5-4-3-7-1-2-8(4)6/h4-6,8H,1-3H2. The Labute approximate surface area is 55.8 Å². The Hall–Kier alpha value is 0.620. The molecule has 0 aromatic heterocycles. The molecule has 8 heavy (non-hydrogen) atoms. The molecule has 2 atom stereocenters. The van der Waals surface area contributed by atoms with Gasteiger partial charge in [0.25, 0.3) is 0 Å². The quantitative estimate of drug-likeness (QED) is 0.446. The minimum absolute atomic E-state index is 0.413. The van der Waals surface area contributed by atoms with Crippen molar-refractivity contribution in [1.29, 1.82) is 0 Å². The van der Waals surface area contributed by atoms with Gasteiger partial charge in [-0.05, 0) is 0 Å². The summed E-state index contributed by atoms with van der Waals surface area (Å²) in [7, 11) is 0. The first-order chi connectivity index (χ1) is 3.80. The second-order valence-electron chi connectivity index (χ2n) is 1.72. The second-order valence-corrected chi connectivity index (χ2v) is 4.79. The summed E-state index contributed by atoms with van der Waals surface area (Å²) in [5.41, 5.74) is -0.413. The zero-order valence-electron chi connectivity index (χ0n) is 4.45. The van der Waals surface area contributed by atoms with Crippen molar-refractivity contribution in [3.05, 3.63) is 0 Å². The van der Waals surface area contributed by atoms with Crippen molar-refractivity contribution in [3.8, 4) is 0 Å². The average molecular weight is 154 g/mol. The highest BCUT2D eigenvalue weighted by atomic mass is 32.2. The van der Waals surface area contributed by atoms with E-state index >= 15 is 0 Å². The number of rotatable bonds is 0. The van der Waals surface area contributed by atoms with E-state index in [9.17, 15) is 0 Å². The lowest BCUT2D eigenvalue weighted by Crippen LogP contribution is -2.18. The molecular weight excluding hydrogens is 144 g/mol. The third-order valence-corrected chi connectivity index (χ3v) is 4.22. The zero-order chi connectivity index (χ0) is 5.98. The summed E-state index contributed by atoms with van der Waals surface area (Å²) in [6.45, 7) is 0. The lowest BCUT2D eigenvalue weighted by Gasteiger charge is -2.25. The smallest absolute Gasteiger partial charge is 0.111 e. The van der Waals surface area contributed by atoms with E-state index in [1.165, 1.54) is 0 Å². The summed E-state index contributed by atoms with van der Waals surface area (Å²) in [6, 6.07) is 0. The molecule has 0 spiro atoms. The zero-order valence-corrected chi connectivity index (χ0v) is 6.16. The molecule has 0 aromatic carbocycles. The Kier molecular flexibility index (Phi) is 2.49. The molecule has 4 heteroatoms. The molecule has 1 rings (SSSR count). The number of hydrogen-bond donors (Lipinski definition) is 3. The first kappa shape index (κ1) is 6.74. The fourth-order valence-electron chi connectivity index (χ4n) is 0.582. The maximum Gasteiger partial charge on any atom is 0.111 e. The van der Waals surface area contributed by atoms with Gasteiger partial charge in [-0.3, -0.25) is 0 Å². The van der Waals surface area contributed by atoms with Crippen molar-refractivity contribution in [2.75, 3.05) is 17.3 Å². The molecule has 50 valence electrons. The minimum atomic E-state index is -1.02. The number of thioether (sulfide) groups is 1. The van der Waals surface area contributed by atoms with Crippen molar-refractivity contribution < 1.29 is 9.66 Å². The van der Waals surface area contributed by atoms with Crippen molar-refractivity contribution in [1.82, 2.24) is 0 Å². The van der Waals surface area contributed by atoms with Crippen LogP contribution in [0.1, 0.15) is 0 Å². The van der Waals surface area contributed by atoms with Gasteiger partial charge in [0, 0.05) is 17.3 Å². The van der Waals surface area contributed by atoms with Gasteiger partial charge >= 0.3 is 0 Å². The van der Waals surface area contributed by atoms with Crippen molar-refractivity contribution >= 4 is 22.9 Å². The molecule has 0 saturated carbocycles. The van der Waals surface area contributed by atoms with Gasteiger partial charge in [-0.25, -0.2) is 0 Å². The summed E-state index contributed by atoms with van der Waals surface area (Å²) in [4.78, 5) is 0. The first-order valence-electron chi connectivity index (χ1n) is 2.52. The van der Waals surface area contributed by atoms with Crippen LogP contribution >= 0.6 is 22.9 Å². The molecule has 0 radical (unpaired) electrons. The topological polar surface area (TPSA) is 40.5 Å². The molecule has 0 bridgehead atoms. The van der Waals surface area contributed by atoms with Crippen LogP contribution in [0.25, 0.3) is 0 Å². The second kappa shape index (κ2) is 2.96. The third-order valence-electron chi connectivity index (χ3n) is 1.08. The van der Waals surface area contributed by atoms with Crippen LogP contribution in [0.3, 0.4) is 0 Å². The molecule has 0 aromatic rings. The Morgan fingerprint density at radius 1 is 1.62 bits per heavy atom. The highest BCUT2D eigenvalue weighted by molar-refractivity contribution is 8.15. The lowest BCUT2D eigenvalue weighted by molar-refractivity contribution is 0.275. The van der Waals surface area contributed by atoms with Gasteiger partial charge in [0.2, 0.25) is 0 Å². The number of thiol groups is 1. The molecule has 2 nitrogen and oxygen atoms in total. The lowest BCUT2D eigenvalue weighted by atomic mass is 10.8. The van der Waals surface area contributed by atoms with Crippen LogP contribution in [0.5, 0.6) is 0 Å². The van der Waals surface area contributed by atoms with E-state index in [2.05, 4.69) is 0 Å². The van der Waals surface area contributed by atoms with Crippen LogP contribution in [0.4, 0.5) is 0 Å². The SMILES string of the molecule is OC1CSCC[SH]1O. The van der Waals surface area contributed by atoms with E-state index < -0.39 is 16.6 Å². The highest BCUT2D eigenvalue weighted by Gasteiger charge is 2.16. The molecule has 2 unspecified atom stereocenters. The van der Waals surface area contributed by atoms with Crippen LogP contribution in [-0.2, 0) is 0 Å². The van der Waals surface area contributed by atoms with E-state index in [1.54, 1.807) is 11.8 Å². The predicted octanol–water partition coefficient (Wildman–Crippen LogP) is 0.526. The van der Waals surface area contributed by atoms with Gasteiger partial charge in [0.05, 0.1) is 0 Å². The average Bonchev–Trinajstić information content (AvgIpc) is 1.77. The van der Waals surface area contributed by atoms with Crippen molar-refractivity contribution in [2.24, 2.45) is 0 Å². The molecular formula is C4H10O2S2. The number of hydrogen-bond acceptors (Lipinski definition) is 3. The Balaban J connectivity index is 2.28. The number of aliphatic hydroxyl groups excluding tert-OH is 1. The van der Waals surface area contributed by atoms with Crippen LogP contribution < -0.4 is 0 Å². The van der Waals surface area contributed by atoms with Crippen LogP contribution in [-0.4, -0.2) is 32.4 Å². The van der Waals surface area contributed by atoms with E-state index in [4.69, 9.17) is 9.66 Å². The van der Waals surface area contributed by atoms with Gasteiger partial charge in [-0.15, -0.1) is 11.2 Å². The fourth-order valence-corrected chi connectivity index (χ4v) is 3.53. The molecule has 1 fully saturated rings. The monoisotopic (exact) mass is 154 g/mol. The molecule has 1 aliphatic rings. The van der Waals surface area contributed by atoms with Crippen LogP contribution in [0.2, 0.25) is 0 Å². The summed E-state index contributed by atoms with van der Waals surface area (Å²) in [5.74, 6) is 2.54. The molecule has 1 aliphatic heterocycles. The number of aliphatic hydroxyl groups is 1.